The van der Waals surface area contributed by atoms with Gasteiger partial charge in [-0.05, 0) is 18.6 Å². The first-order chi connectivity index (χ1) is 9.74. The predicted octanol–water partition coefficient (Wildman–Crippen LogP) is 0.558. The molecule has 0 spiro atoms. The third-order valence-corrected chi connectivity index (χ3v) is 3.47. The molecule has 20 heavy (non-hydrogen) atoms. The van der Waals surface area contributed by atoms with Crippen molar-refractivity contribution < 1.29 is 9.53 Å². The van der Waals surface area contributed by atoms with Gasteiger partial charge in [-0.15, -0.1) is 0 Å². The molecule has 0 unspecified atom stereocenters. The molecular formula is C15H23N3O2. The van der Waals surface area contributed by atoms with Crippen LogP contribution in [0.25, 0.3) is 0 Å². The minimum atomic E-state index is -0.241. The molecule has 0 aromatic heterocycles. The van der Waals surface area contributed by atoms with Crippen LogP contribution in [0.5, 0.6) is 5.75 Å². The Bertz CT molecular complexity index is 403. The number of ether oxygens (including phenoxy) is 1. The standard InChI is InChI=1S/C15H23N3O2/c16-15(19)13-18-10-8-17(9-11-18)7-4-12-20-14-5-2-1-3-6-14/h1-3,5-6H,4,7-13H2,(H2,16,19). The van der Waals surface area contributed by atoms with Gasteiger partial charge in [0.1, 0.15) is 5.75 Å². The molecule has 0 radical (unpaired) electrons. The van der Waals surface area contributed by atoms with E-state index in [2.05, 4.69) is 9.80 Å². The Balaban J connectivity index is 1.56. The lowest BCUT2D eigenvalue weighted by atomic mass is 10.3. The van der Waals surface area contributed by atoms with E-state index in [1.54, 1.807) is 0 Å². The Morgan fingerprint density at radius 3 is 2.40 bits per heavy atom. The van der Waals surface area contributed by atoms with Crippen molar-refractivity contribution in [3.8, 4) is 5.75 Å². The van der Waals surface area contributed by atoms with Crippen LogP contribution in [0, 0.1) is 0 Å². The SMILES string of the molecule is NC(=O)CN1CCN(CCCOc2ccccc2)CC1. The van der Waals surface area contributed by atoms with Gasteiger partial charge in [0.05, 0.1) is 13.2 Å². The fraction of sp³-hybridized carbons (Fsp3) is 0.533. The highest BCUT2D eigenvalue weighted by Crippen LogP contribution is 2.09. The highest BCUT2D eigenvalue weighted by atomic mass is 16.5. The van der Waals surface area contributed by atoms with Gasteiger partial charge in [-0.25, -0.2) is 0 Å². The van der Waals surface area contributed by atoms with Crippen molar-refractivity contribution in [1.29, 1.82) is 0 Å². The number of nitrogens with two attached hydrogens (primary N) is 1. The maximum Gasteiger partial charge on any atom is 0.231 e. The van der Waals surface area contributed by atoms with E-state index in [1.807, 2.05) is 30.3 Å². The number of piperazine rings is 1. The molecule has 1 aromatic rings. The molecule has 1 heterocycles. The van der Waals surface area contributed by atoms with Crippen molar-refractivity contribution in [2.45, 2.75) is 6.42 Å². The van der Waals surface area contributed by atoms with Gasteiger partial charge in [-0.1, -0.05) is 18.2 Å². The van der Waals surface area contributed by atoms with Crippen LogP contribution in [-0.2, 0) is 4.79 Å². The van der Waals surface area contributed by atoms with E-state index in [9.17, 15) is 4.79 Å². The van der Waals surface area contributed by atoms with Crippen LogP contribution in [0.2, 0.25) is 0 Å². The van der Waals surface area contributed by atoms with Gasteiger partial charge in [0.15, 0.2) is 0 Å². The van der Waals surface area contributed by atoms with Crippen molar-refractivity contribution in [2.75, 3.05) is 45.9 Å². The summed E-state index contributed by atoms with van der Waals surface area (Å²) in [4.78, 5) is 15.4. The van der Waals surface area contributed by atoms with Gasteiger partial charge >= 0.3 is 0 Å². The number of nitrogens with zero attached hydrogens (tertiary/aromatic N) is 2. The van der Waals surface area contributed by atoms with Crippen LogP contribution in [-0.4, -0.2) is 61.6 Å². The van der Waals surface area contributed by atoms with Gasteiger partial charge in [-0.3, -0.25) is 9.69 Å². The molecule has 1 saturated heterocycles. The second-order valence-corrected chi connectivity index (χ2v) is 5.10. The smallest absolute Gasteiger partial charge is 0.231 e. The topological polar surface area (TPSA) is 58.8 Å². The average molecular weight is 277 g/mol. The Kier molecular flexibility index (Phi) is 5.83. The normalized spacial score (nSPS) is 17.0. The summed E-state index contributed by atoms with van der Waals surface area (Å²) >= 11 is 0. The number of carbonyl (C=O) groups is 1. The molecule has 2 N–H and O–H groups in total. The first-order valence-electron chi connectivity index (χ1n) is 7.15. The van der Waals surface area contributed by atoms with Crippen molar-refractivity contribution >= 4 is 5.91 Å². The Labute approximate surface area is 120 Å². The Hall–Kier alpha value is -1.59. The molecule has 0 atom stereocenters. The highest BCUT2D eigenvalue weighted by molar-refractivity contribution is 5.75. The molecule has 2 rings (SSSR count). The van der Waals surface area contributed by atoms with Crippen LogP contribution in [0.4, 0.5) is 0 Å². The van der Waals surface area contributed by atoms with Crippen LogP contribution in [0.3, 0.4) is 0 Å². The van der Waals surface area contributed by atoms with E-state index in [0.29, 0.717) is 6.54 Å². The molecule has 110 valence electrons. The lowest BCUT2D eigenvalue weighted by molar-refractivity contribution is -0.119. The molecule has 0 bridgehead atoms. The summed E-state index contributed by atoms with van der Waals surface area (Å²) in [5.41, 5.74) is 5.20. The van der Waals surface area contributed by atoms with Crippen LogP contribution >= 0.6 is 0 Å². The number of amides is 1. The monoisotopic (exact) mass is 277 g/mol. The first-order valence-corrected chi connectivity index (χ1v) is 7.15. The van der Waals surface area contributed by atoms with Crippen LogP contribution in [0.15, 0.2) is 30.3 Å². The highest BCUT2D eigenvalue weighted by Gasteiger charge is 2.17. The predicted molar refractivity (Wildman–Crippen MR) is 78.6 cm³/mol. The van der Waals surface area contributed by atoms with E-state index in [1.165, 1.54) is 0 Å². The van der Waals surface area contributed by atoms with Crippen LogP contribution < -0.4 is 10.5 Å². The second-order valence-electron chi connectivity index (χ2n) is 5.10. The summed E-state index contributed by atoms with van der Waals surface area (Å²) in [5, 5.41) is 0. The number of benzene rings is 1. The number of primary amides is 1. The molecule has 1 aliphatic rings. The number of para-hydroxylation sites is 1. The summed E-state index contributed by atoms with van der Waals surface area (Å²) < 4.78 is 5.67. The quantitative estimate of drug-likeness (QED) is 0.740. The first kappa shape index (κ1) is 14.8. The van der Waals surface area contributed by atoms with Crippen molar-refractivity contribution in [3.05, 3.63) is 30.3 Å². The fourth-order valence-electron chi connectivity index (χ4n) is 2.39. The maximum atomic E-state index is 10.8. The number of rotatable bonds is 7. The van der Waals surface area contributed by atoms with E-state index in [0.717, 1.165) is 51.5 Å². The van der Waals surface area contributed by atoms with Gasteiger partial charge in [-0.2, -0.15) is 0 Å². The molecule has 1 fully saturated rings. The zero-order valence-electron chi connectivity index (χ0n) is 11.8. The van der Waals surface area contributed by atoms with Gasteiger partial charge in [0, 0.05) is 32.7 Å². The van der Waals surface area contributed by atoms with E-state index in [-0.39, 0.29) is 5.91 Å². The molecule has 1 aromatic carbocycles. The summed E-state index contributed by atoms with van der Waals surface area (Å²) in [5.74, 6) is 0.688. The van der Waals surface area contributed by atoms with Crippen molar-refractivity contribution in [3.63, 3.8) is 0 Å². The average Bonchev–Trinajstić information content (AvgIpc) is 2.46. The van der Waals surface area contributed by atoms with Gasteiger partial charge in [0.25, 0.3) is 0 Å². The van der Waals surface area contributed by atoms with Gasteiger partial charge < -0.3 is 15.4 Å². The molecule has 0 saturated carbocycles. The van der Waals surface area contributed by atoms with E-state index >= 15 is 0 Å². The van der Waals surface area contributed by atoms with Crippen molar-refractivity contribution in [1.82, 2.24) is 9.80 Å². The number of hydrogen-bond donors (Lipinski definition) is 1. The van der Waals surface area contributed by atoms with E-state index in [4.69, 9.17) is 10.5 Å². The van der Waals surface area contributed by atoms with Gasteiger partial charge in [0.2, 0.25) is 5.91 Å². The van der Waals surface area contributed by atoms with Crippen molar-refractivity contribution in [2.24, 2.45) is 5.73 Å². The third kappa shape index (κ3) is 5.19. The lowest BCUT2D eigenvalue weighted by Crippen LogP contribution is -2.49. The molecule has 0 aliphatic carbocycles. The summed E-state index contributed by atoms with van der Waals surface area (Å²) in [6.45, 7) is 6.00. The third-order valence-electron chi connectivity index (χ3n) is 3.47. The number of carbonyl (C=O) groups excluding carboxylic acids is 1. The summed E-state index contributed by atoms with van der Waals surface area (Å²) in [7, 11) is 0. The summed E-state index contributed by atoms with van der Waals surface area (Å²) in [6.07, 6.45) is 1.02. The molecule has 1 aliphatic heterocycles. The zero-order valence-corrected chi connectivity index (χ0v) is 11.8. The minimum absolute atomic E-state index is 0.241. The molecule has 1 amide bonds. The number of hydrogen-bond acceptors (Lipinski definition) is 4. The lowest BCUT2D eigenvalue weighted by Gasteiger charge is -2.33. The summed E-state index contributed by atoms with van der Waals surface area (Å²) in [6, 6.07) is 9.89. The molecular weight excluding hydrogens is 254 g/mol. The molecule has 5 nitrogen and oxygen atoms in total. The maximum absolute atomic E-state index is 10.8. The Morgan fingerprint density at radius 2 is 1.75 bits per heavy atom. The van der Waals surface area contributed by atoms with E-state index < -0.39 is 0 Å². The zero-order chi connectivity index (χ0) is 14.2. The fourth-order valence-corrected chi connectivity index (χ4v) is 2.39. The second kappa shape index (κ2) is 7.87. The molecule has 5 heteroatoms. The minimum Gasteiger partial charge on any atom is -0.494 e. The largest absolute Gasteiger partial charge is 0.494 e. The Morgan fingerprint density at radius 1 is 1.10 bits per heavy atom. The van der Waals surface area contributed by atoms with Crippen LogP contribution in [0.1, 0.15) is 6.42 Å².